The third kappa shape index (κ3) is 3.40. The van der Waals surface area contributed by atoms with Crippen LogP contribution < -0.4 is 10.2 Å². The lowest BCUT2D eigenvalue weighted by molar-refractivity contribution is -0.120. The Labute approximate surface area is 152 Å². The van der Waals surface area contributed by atoms with Crippen molar-refractivity contribution < 1.29 is 4.79 Å². The highest BCUT2D eigenvalue weighted by Gasteiger charge is 2.26. The summed E-state index contributed by atoms with van der Waals surface area (Å²) in [5, 5.41) is 4.17. The number of aryl methyl sites for hydroxylation is 2. The lowest BCUT2D eigenvalue weighted by Gasteiger charge is -2.31. The Morgan fingerprint density at radius 2 is 1.85 bits per heavy atom. The van der Waals surface area contributed by atoms with Gasteiger partial charge in [0.15, 0.2) is 0 Å². The molecule has 0 atom stereocenters. The Morgan fingerprint density at radius 3 is 2.58 bits per heavy atom. The van der Waals surface area contributed by atoms with Crippen molar-refractivity contribution in [2.24, 2.45) is 5.92 Å². The Kier molecular flexibility index (Phi) is 4.32. The summed E-state index contributed by atoms with van der Waals surface area (Å²) in [5.74, 6) is 0.902. The minimum atomic E-state index is 0.0269. The van der Waals surface area contributed by atoms with E-state index in [0.717, 1.165) is 59.9 Å². The number of hydrogen-bond donors (Lipinski definition) is 2. The van der Waals surface area contributed by atoms with Crippen LogP contribution in [0.25, 0.3) is 10.9 Å². The fourth-order valence-corrected chi connectivity index (χ4v) is 3.57. The predicted octanol–water partition coefficient (Wildman–Crippen LogP) is 3.43. The van der Waals surface area contributed by atoms with Crippen LogP contribution >= 0.6 is 0 Å². The summed E-state index contributed by atoms with van der Waals surface area (Å²) < 4.78 is 0. The number of hydrogen-bond acceptors (Lipinski definition) is 4. The monoisotopic (exact) mass is 349 g/mol. The van der Waals surface area contributed by atoms with Gasteiger partial charge in [-0.15, -0.1) is 0 Å². The molecule has 1 aromatic carbocycles. The van der Waals surface area contributed by atoms with Crippen LogP contribution in [0.1, 0.15) is 24.2 Å². The van der Waals surface area contributed by atoms with Gasteiger partial charge in [-0.25, -0.2) is 9.97 Å². The molecule has 0 spiro atoms. The molecule has 1 saturated heterocycles. The standard InChI is InChI=1S/C20H23N5O/c1-13-11-14(2)23-20(22-13)25-9-6-15(7-10-25)19(26)24-17-3-4-18-16(12-17)5-8-21-18/h3-5,8,11-12,15,21H,6-7,9-10H2,1-2H3,(H,24,26). The fourth-order valence-electron chi connectivity index (χ4n) is 3.57. The maximum atomic E-state index is 12.6. The van der Waals surface area contributed by atoms with E-state index in [1.807, 2.05) is 50.4 Å². The minimum Gasteiger partial charge on any atom is -0.361 e. The second kappa shape index (κ2) is 6.78. The van der Waals surface area contributed by atoms with Gasteiger partial charge in [-0.2, -0.15) is 0 Å². The molecule has 0 bridgehead atoms. The molecular weight excluding hydrogens is 326 g/mol. The van der Waals surface area contributed by atoms with Gasteiger partial charge in [-0.05, 0) is 57.0 Å². The van der Waals surface area contributed by atoms with Gasteiger partial charge in [0.2, 0.25) is 11.9 Å². The smallest absolute Gasteiger partial charge is 0.227 e. The van der Waals surface area contributed by atoms with Gasteiger partial charge in [-0.3, -0.25) is 4.79 Å². The number of H-pyrrole nitrogens is 1. The normalized spacial score (nSPS) is 15.4. The summed E-state index contributed by atoms with van der Waals surface area (Å²) in [7, 11) is 0. The molecule has 1 aliphatic rings. The first-order chi connectivity index (χ1) is 12.6. The molecule has 6 heteroatoms. The van der Waals surface area contributed by atoms with Gasteiger partial charge in [0.05, 0.1) is 0 Å². The molecule has 4 rings (SSSR count). The summed E-state index contributed by atoms with van der Waals surface area (Å²) in [6.07, 6.45) is 3.53. The topological polar surface area (TPSA) is 73.9 Å². The van der Waals surface area contributed by atoms with E-state index in [1.165, 1.54) is 0 Å². The first-order valence-electron chi connectivity index (χ1n) is 9.04. The van der Waals surface area contributed by atoms with Gasteiger partial charge in [-0.1, -0.05) is 0 Å². The molecule has 0 saturated carbocycles. The Balaban J connectivity index is 1.38. The number of carbonyl (C=O) groups excluding carboxylic acids is 1. The van der Waals surface area contributed by atoms with Crippen molar-refractivity contribution >= 4 is 28.4 Å². The van der Waals surface area contributed by atoms with E-state index in [0.29, 0.717) is 0 Å². The number of anilines is 2. The van der Waals surface area contributed by atoms with E-state index in [2.05, 4.69) is 25.2 Å². The van der Waals surface area contributed by atoms with Gasteiger partial charge in [0.1, 0.15) is 0 Å². The zero-order chi connectivity index (χ0) is 18.1. The number of aromatic nitrogens is 3. The number of fused-ring (bicyclic) bond motifs is 1. The van der Waals surface area contributed by atoms with Crippen LogP contribution in [-0.2, 0) is 4.79 Å². The number of benzene rings is 1. The molecule has 6 nitrogen and oxygen atoms in total. The number of amides is 1. The Bertz CT molecular complexity index is 920. The molecule has 0 unspecified atom stereocenters. The minimum absolute atomic E-state index is 0.0269. The second-order valence-corrected chi connectivity index (χ2v) is 6.98. The number of rotatable bonds is 3. The molecule has 2 N–H and O–H groups in total. The average Bonchev–Trinajstić information content (AvgIpc) is 3.09. The molecule has 1 amide bonds. The molecule has 1 aliphatic heterocycles. The predicted molar refractivity (Wildman–Crippen MR) is 103 cm³/mol. The Hall–Kier alpha value is -2.89. The van der Waals surface area contributed by atoms with Crippen molar-refractivity contribution in [2.45, 2.75) is 26.7 Å². The van der Waals surface area contributed by atoms with Gasteiger partial charge in [0.25, 0.3) is 0 Å². The van der Waals surface area contributed by atoms with Crippen LogP contribution in [0.4, 0.5) is 11.6 Å². The van der Waals surface area contributed by atoms with Gasteiger partial charge >= 0.3 is 0 Å². The summed E-state index contributed by atoms with van der Waals surface area (Å²) in [6.45, 7) is 5.58. The number of nitrogens with one attached hydrogen (secondary N) is 2. The van der Waals surface area contributed by atoms with Crippen molar-refractivity contribution in [1.29, 1.82) is 0 Å². The molecule has 1 fully saturated rings. The van der Waals surface area contributed by atoms with E-state index >= 15 is 0 Å². The molecule has 0 radical (unpaired) electrons. The molecule has 0 aliphatic carbocycles. The van der Waals surface area contributed by atoms with Crippen LogP contribution in [0, 0.1) is 19.8 Å². The maximum Gasteiger partial charge on any atom is 0.227 e. The van der Waals surface area contributed by atoms with Crippen LogP contribution in [-0.4, -0.2) is 33.9 Å². The van der Waals surface area contributed by atoms with Gasteiger partial charge < -0.3 is 15.2 Å². The Morgan fingerprint density at radius 1 is 1.12 bits per heavy atom. The summed E-state index contributed by atoms with van der Waals surface area (Å²) in [4.78, 5) is 27.0. The lowest BCUT2D eigenvalue weighted by atomic mass is 9.96. The van der Waals surface area contributed by atoms with Crippen LogP contribution in [0.5, 0.6) is 0 Å². The van der Waals surface area contributed by atoms with E-state index in [-0.39, 0.29) is 11.8 Å². The van der Waals surface area contributed by atoms with Crippen LogP contribution in [0.3, 0.4) is 0 Å². The molecule has 26 heavy (non-hydrogen) atoms. The quantitative estimate of drug-likeness (QED) is 0.760. The molecule has 3 aromatic rings. The molecule has 3 heterocycles. The largest absolute Gasteiger partial charge is 0.361 e. The zero-order valence-corrected chi connectivity index (χ0v) is 15.1. The third-order valence-corrected chi connectivity index (χ3v) is 4.94. The van der Waals surface area contributed by atoms with Crippen molar-refractivity contribution in [1.82, 2.24) is 15.0 Å². The fraction of sp³-hybridized carbons (Fsp3) is 0.350. The lowest BCUT2D eigenvalue weighted by Crippen LogP contribution is -2.39. The third-order valence-electron chi connectivity index (χ3n) is 4.94. The van der Waals surface area contributed by atoms with E-state index in [9.17, 15) is 4.79 Å². The molecule has 2 aromatic heterocycles. The van der Waals surface area contributed by atoms with Gasteiger partial charge in [0, 0.05) is 53.2 Å². The average molecular weight is 349 g/mol. The highest BCUT2D eigenvalue weighted by molar-refractivity contribution is 5.95. The maximum absolute atomic E-state index is 12.6. The highest BCUT2D eigenvalue weighted by Crippen LogP contribution is 2.24. The zero-order valence-electron chi connectivity index (χ0n) is 15.1. The van der Waals surface area contributed by atoms with Crippen molar-refractivity contribution in [2.75, 3.05) is 23.3 Å². The van der Waals surface area contributed by atoms with E-state index in [1.54, 1.807) is 0 Å². The second-order valence-electron chi connectivity index (χ2n) is 6.98. The van der Waals surface area contributed by atoms with Crippen molar-refractivity contribution in [3.05, 3.63) is 47.9 Å². The summed E-state index contributed by atoms with van der Waals surface area (Å²) >= 11 is 0. The highest BCUT2D eigenvalue weighted by atomic mass is 16.1. The van der Waals surface area contributed by atoms with Crippen molar-refractivity contribution in [3.8, 4) is 0 Å². The molecule has 134 valence electrons. The number of piperidine rings is 1. The number of nitrogens with zero attached hydrogens (tertiary/aromatic N) is 3. The molecular formula is C20H23N5O. The van der Waals surface area contributed by atoms with E-state index in [4.69, 9.17) is 0 Å². The van der Waals surface area contributed by atoms with Crippen molar-refractivity contribution in [3.63, 3.8) is 0 Å². The first-order valence-corrected chi connectivity index (χ1v) is 9.04. The van der Waals surface area contributed by atoms with E-state index < -0.39 is 0 Å². The van der Waals surface area contributed by atoms with Crippen LogP contribution in [0.2, 0.25) is 0 Å². The van der Waals surface area contributed by atoms with Crippen LogP contribution in [0.15, 0.2) is 36.5 Å². The summed E-state index contributed by atoms with van der Waals surface area (Å²) in [6, 6.07) is 9.92. The number of carbonyl (C=O) groups is 1. The first kappa shape index (κ1) is 16.6. The SMILES string of the molecule is Cc1cc(C)nc(N2CCC(C(=O)Nc3ccc4[nH]ccc4c3)CC2)n1. The number of aromatic amines is 1. The summed E-state index contributed by atoms with van der Waals surface area (Å²) in [5.41, 5.74) is 3.88.